The van der Waals surface area contributed by atoms with E-state index in [1.165, 1.54) is 21.2 Å². The number of alkyl halides is 1. The molecule has 88 valence electrons. The van der Waals surface area contributed by atoms with E-state index in [9.17, 15) is 0 Å². The lowest BCUT2D eigenvalue weighted by Crippen LogP contribution is -1.96. The Kier molecular flexibility index (Phi) is 4.41. The molecule has 0 aliphatic carbocycles. The van der Waals surface area contributed by atoms with Gasteiger partial charge >= 0.3 is 0 Å². The van der Waals surface area contributed by atoms with Gasteiger partial charge < -0.3 is 0 Å². The standard InChI is InChI=1S/C15H14Br2/c1-11-7-8-13(14(16)9-11)15(17)10-12-5-3-2-4-6-12/h2-9,15H,10H2,1H3. The summed E-state index contributed by atoms with van der Waals surface area (Å²) in [6, 6.07) is 17.0. The lowest BCUT2D eigenvalue weighted by atomic mass is 10.0. The normalized spacial score (nSPS) is 12.4. The van der Waals surface area contributed by atoms with Gasteiger partial charge in [-0.1, -0.05) is 74.3 Å². The van der Waals surface area contributed by atoms with Crippen molar-refractivity contribution in [1.82, 2.24) is 0 Å². The molecule has 0 aromatic heterocycles. The highest BCUT2D eigenvalue weighted by Crippen LogP contribution is 2.32. The number of rotatable bonds is 3. The minimum absolute atomic E-state index is 0.347. The fourth-order valence-corrected chi connectivity index (χ4v) is 3.67. The highest BCUT2D eigenvalue weighted by atomic mass is 79.9. The number of hydrogen-bond acceptors (Lipinski definition) is 0. The summed E-state index contributed by atoms with van der Waals surface area (Å²) in [5.41, 5.74) is 3.93. The van der Waals surface area contributed by atoms with Crippen LogP contribution in [0.5, 0.6) is 0 Å². The van der Waals surface area contributed by atoms with Crippen molar-refractivity contribution >= 4 is 31.9 Å². The van der Waals surface area contributed by atoms with Crippen molar-refractivity contribution in [3.63, 3.8) is 0 Å². The zero-order valence-electron chi connectivity index (χ0n) is 9.66. The van der Waals surface area contributed by atoms with E-state index in [0.717, 1.165) is 6.42 Å². The van der Waals surface area contributed by atoms with Crippen LogP contribution in [0.2, 0.25) is 0 Å². The quantitative estimate of drug-likeness (QED) is 0.645. The molecule has 0 heterocycles. The molecular formula is C15H14Br2. The Labute approximate surface area is 119 Å². The van der Waals surface area contributed by atoms with Crippen molar-refractivity contribution in [3.05, 3.63) is 69.7 Å². The van der Waals surface area contributed by atoms with Crippen molar-refractivity contribution in [2.75, 3.05) is 0 Å². The van der Waals surface area contributed by atoms with E-state index in [1.54, 1.807) is 0 Å². The van der Waals surface area contributed by atoms with E-state index in [2.05, 4.69) is 87.3 Å². The molecule has 2 aromatic rings. The van der Waals surface area contributed by atoms with Gasteiger partial charge in [-0.25, -0.2) is 0 Å². The number of benzene rings is 2. The zero-order valence-corrected chi connectivity index (χ0v) is 12.8. The van der Waals surface area contributed by atoms with Crippen molar-refractivity contribution in [2.45, 2.75) is 18.2 Å². The SMILES string of the molecule is Cc1ccc(C(Br)Cc2ccccc2)c(Br)c1. The predicted molar refractivity (Wildman–Crippen MR) is 80.7 cm³/mol. The lowest BCUT2D eigenvalue weighted by molar-refractivity contribution is 0.942. The van der Waals surface area contributed by atoms with Gasteiger partial charge in [0.2, 0.25) is 0 Å². The van der Waals surface area contributed by atoms with E-state index in [0.29, 0.717) is 4.83 Å². The second-order valence-electron chi connectivity index (χ2n) is 4.18. The molecule has 0 saturated carbocycles. The highest BCUT2D eigenvalue weighted by molar-refractivity contribution is 9.11. The molecule has 2 aromatic carbocycles. The minimum Gasteiger partial charge on any atom is -0.0835 e. The van der Waals surface area contributed by atoms with Gasteiger partial charge in [0.15, 0.2) is 0 Å². The molecule has 0 aliphatic rings. The molecule has 1 unspecified atom stereocenters. The third-order valence-corrected chi connectivity index (χ3v) is 4.25. The van der Waals surface area contributed by atoms with Crippen LogP contribution in [0, 0.1) is 6.92 Å². The van der Waals surface area contributed by atoms with Gasteiger partial charge in [-0.2, -0.15) is 0 Å². The van der Waals surface area contributed by atoms with Crippen molar-refractivity contribution in [1.29, 1.82) is 0 Å². The van der Waals surface area contributed by atoms with Crippen molar-refractivity contribution in [3.8, 4) is 0 Å². The Morgan fingerprint density at radius 2 is 1.76 bits per heavy atom. The molecule has 0 aliphatic heterocycles. The molecule has 0 nitrogen and oxygen atoms in total. The highest BCUT2D eigenvalue weighted by Gasteiger charge is 2.11. The van der Waals surface area contributed by atoms with E-state index in [4.69, 9.17) is 0 Å². The molecule has 0 fully saturated rings. The maximum Gasteiger partial charge on any atom is 0.0446 e. The van der Waals surface area contributed by atoms with Crippen LogP contribution in [-0.4, -0.2) is 0 Å². The zero-order chi connectivity index (χ0) is 12.3. The Morgan fingerprint density at radius 3 is 2.41 bits per heavy atom. The van der Waals surface area contributed by atoms with Gasteiger partial charge in [-0.05, 0) is 36.1 Å². The van der Waals surface area contributed by atoms with Crippen LogP contribution in [0.25, 0.3) is 0 Å². The monoisotopic (exact) mass is 352 g/mol. The van der Waals surface area contributed by atoms with Crippen LogP contribution >= 0.6 is 31.9 Å². The minimum atomic E-state index is 0.347. The molecule has 0 amide bonds. The van der Waals surface area contributed by atoms with Crippen LogP contribution in [0.15, 0.2) is 53.0 Å². The topological polar surface area (TPSA) is 0 Å². The summed E-state index contributed by atoms with van der Waals surface area (Å²) < 4.78 is 1.18. The summed E-state index contributed by atoms with van der Waals surface area (Å²) in [4.78, 5) is 0.347. The van der Waals surface area contributed by atoms with Gasteiger partial charge in [0.25, 0.3) is 0 Å². The van der Waals surface area contributed by atoms with Crippen molar-refractivity contribution in [2.24, 2.45) is 0 Å². The molecule has 17 heavy (non-hydrogen) atoms. The van der Waals surface area contributed by atoms with Crippen LogP contribution in [0.4, 0.5) is 0 Å². The van der Waals surface area contributed by atoms with Crippen LogP contribution in [-0.2, 0) is 6.42 Å². The Morgan fingerprint density at radius 1 is 1.06 bits per heavy atom. The number of aryl methyl sites for hydroxylation is 1. The fourth-order valence-electron chi connectivity index (χ4n) is 1.82. The first kappa shape index (κ1) is 12.8. The average molecular weight is 354 g/mol. The van der Waals surface area contributed by atoms with Gasteiger partial charge in [0, 0.05) is 9.30 Å². The van der Waals surface area contributed by atoms with E-state index in [1.807, 2.05) is 0 Å². The molecule has 2 rings (SSSR count). The molecule has 0 spiro atoms. The van der Waals surface area contributed by atoms with E-state index in [-0.39, 0.29) is 0 Å². The average Bonchev–Trinajstić information content (AvgIpc) is 2.30. The van der Waals surface area contributed by atoms with Crippen LogP contribution < -0.4 is 0 Å². The lowest BCUT2D eigenvalue weighted by Gasteiger charge is -2.13. The first-order valence-electron chi connectivity index (χ1n) is 5.61. The summed E-state index contributed by atoms with van der Waals surface area (Å²) in [5, 5.41) is 0. The van der Waals surface area contributed by atoms with E-state index < -0.39 is 0 Å². The molecule has 0 N–H and O–H groups in total. The summed E-state index contributed by atoms with van der Waals surface area (Å²) >= 11 is 7.40. The summed E-state index contributed by atoms with van der Waals surface area (Å²) in [7, 11) is 0. The third-order valence-electron chi connectivity index (χ3n) is 2.75. The van der Waals surface area contributed by atoms with Crippen LogP contribution in [0.1, 0.15) is 21.5 Å². The van der Waals surface area contributed by atoms with Gasteiger partial charge in [0.1, 0.15) is 0 Å². The first-order valence-corrected chi connectivity index (χ1v) is 7.32. The molecule has 0 saturated heterocycles. The van der Waals surface area contributed by atoms with Gasteiger partial charge in [-0.15, -0.1) is 0 Å². The molecule has 1 atom stereocenters. The van der Waals surface area contributed by atoms with Gasteiger partial charge in [-0.3, -0.25) is 0 Å². The Hall–Kier alpha value is -0.600. The molecular weight excluding hydrogens is 340 g/mol. The van der Waals surface area contributed by atoms with Crippen LogP contribution in [0.3, 0.4) is 0 Å². The van der Waals surface area contributed by atoms with E-state index >= 15 is 0 Å². The summed E-state index contributed by atoms with van der Waals surface area (Å²) in [6.45, 7) is 2.11. The Balaban J connectivity index is 2.17. The van der Waals surface area contributed by atoms with Gasteiger partial charge in [0.05, 0.1) is 0 Å². The molecule has 2 heteroatoms. The smallest absolute Gasteiger partial charge is 0.0446 e. The fraction of sp³-hybridized carbons (Fsp3) is 0.200. The second kappa shape index (κ2) is 5.83. The molecule has 0 bridgehead atoms. The largest absolute Gasteiger partial charge is 0.0835 e. The maximum atomic E-state index is 3.77. The molecule has 0 radical (unpaired) electrons. The first-order chi connectivity index (χ1) is 8.16. The summed E-state index contributed by atoms with van der Waals surface area (Å²) in [6.07, 6.45) is 1.00. The third kappa shape index (κ3) is 3.43. The summed E-state index contributed by atoms with van der Waals surface area (Å²) in [5.74, 6) is 0. The Bertz CT molecular complexity index is 492. The maximum absolute atomic E-state index is 3.77. The van der Waals surface area contributed by atoms with Crippen molar-refractivity contribution < 1.29 is 0 Å². The second-order valence-corrected chi connectivity index (χ2v) is 6.14. The number of halogens is 2. The number of hydrogen-bond donors (Lipinski definition) is 0. The predicted octanol–water partition coefficient (Wildman–Crippen LogP) is 5.44.